The van der Waals surface area contributed by atoms with Crippen molar-refractivity contribution in [3.63, 3.8) is 0 Å². The molecule has 61 heavy (non-hydrogen) atoms. The van der Waals surface area contributed by atoms with Crippen LogP contribution in [0.15, 0.2) is 36.5 Å². The predicted molar refractivity (Wildman–Crippen MR) is 245 cm³/mol. The number of quaternary nitrogens is 1. The van der Waals surface area contributed by atoms with Crippen molar-refractivity contribution in [1.82, 2.24) is 0 Å². The van der Waals surface area contributed by atoms with Crippen molar-refractivity contribution in [2.45, 2.75) is 199 Å². The lowest BCUT2D eigenvalue weighted by Gasteiger charge is -2.24. The topological polar surface area (TPSA) is 169 Å². The standard InChI is InChI=1S/C48H88NO11P/c1-6-8-10-11-12-13-14-15-16-17-18-19-20-21-22-23-29-33-48(54)60-42(40-59-61(55,56)58-37-36-49(3,4)5)39-57-47(53)32-28-25-24-27-31-43-44(46(52)38-45(43)51)35-34-41(50)30-26-9-7-2/h12-13,15-16,34-35,41-46,50-52H,6-11,14,17-33,36-40H2,1-5H3/p+1/b13-12-,16-15-,35-34+/t41-,42+,43+,44+,45-,46+/m0/s1. The van der Waals surface area contributed by atoms with Crippen LogP contribution in [0.25, 0.3) is 0 Å². The molecule has 12 nitrogen and oxygen atoms in total. The highest BCUT2D eigenvalue weighted by atomic mass is 31.2. The third-order valence-corrected chi connectivity index (χ3v) is 12.2. The molecule has 0 spiro atoms. The van der Waals surface area contributed by atoms with Gasteiger partial charge in [-0.05, 0) is 63.7 Å². The summed E-state index contributed by atoms with van der Waals surface area (Å²) >= 11 is 0. The maximum atomic E-state index is 12.8. The molecule has 0 radical (unpaired) electrons. The number of carbonyl (C=O) groups is 2. The van der Waals surface area contributed by atoms with Crippen LogP contribution in [0.2, 0.25) is 0 Å². The summed E-state index contributed by atoms with van der Waals surface area (Å²) in [7, 11) is 1.35. The van der Waals surface area contributed by atoms with Gasteiger partial charge in [-0.2, -0.15) is 0 Å². The van der Waals surface area contributed by atoms with Crippen molar-refractivity contribution in [3.05, 3.63) is 36.5 Å². The van der Waals surface area contributed by atoms with Gasteiger partial charge in [-0.1, -0.05) is 134 Å². The zero-order valence-electron chi connectivity index (χ0n) is 39.0. The number of carbonyl (C=O) groups excluding carboxylic acids is 2. The van der Waals surface area contributed by atoms with E-state index in [0.717, 1.165) is 83.5 Å². The summed E-state index contributed by atoms with van der Waals surface area (Å²) in [5, 5.41) is 31.4. The molecule has 1 saturated carbocycles. The van der Waals surface area contributed by atoms with Crippen molar-refractivity contribution in [1.29, 1.82) is 0 Å². The molecule has 1 aliphatic rings. The second kappa shape index (κ2) is 35.5. The third-order valence-electron chi connectivity index (χ3n) is 11.2. The first-order chi connectivity index (χ1) is 29.2. The van der Waals surface area contributed by atoms with E-state index in [2.05, 4.69) is 38.2 Å². The first-order valence-corrected chi connectivity index (χ1v) is 25.5. The lowest BCUT2D eigenvalue weighted by molar-refractivity contribution is -0.870. The Morgan fingerprint density at radius 1 is 0.721 bits per heavy atom. The minimum absolute atomic E-state index is 0.00492. The summed E-state index contributed by atoms with van der Waals surface area (Å²) in [6.45, 7) is 4.05. The largest absolute Gasteiger partial charge is 0.472 e. The van der Waals surface area contributed by atoms with Gasteiger partial charge in [-0.25, -0.2) is 4.57 Å². The summed E-state index contributed by atoms with van der Waals surface area (Å²) in [5.41, 5.74) is 0. The molecule has 7 atom stereocenters. The number of rotatable bonds is 39. The number of likely N-dealkylation sites (N-methyl/N-ethyl adjacent to an activating group) is 1. The van der Waals surface area contributed by atoms with Crippen molar-refractivity contribution in [2.24, 2.45) is 11.8 Å². The first kappa shape index (κ1) is 57.1. The Balaban J connectivity index is 2.44. The average Bonchev–Trinajstić information content (AvgIpc) is 3.47. The van der Waals surface area contributed by atoms with Gasteiger partial charge in [0, 0.05) is 25.2 Å². The number of phosphoric acid groups is 1. The van der Waals surface area contributed by atoms with Crippen LogP contribution in [0, 0.1) is 11.8 Å². The molecule has 0 amide bonds. The zero-order chi connectivity index (χ0) is 45.2. The highest BCUT2D eigenvalue weighted by Crippen LogP contribution is 2.43. The number of unbranched alkanes of at least 4 members (excludes halogenated alkanes) is 15. The van der Waals surface area contributed by atoms with Crippen LogP contribution < -0.4 is 0 Å². The highest BCUT2D eigenvalue weighted by Gasteiger charge is 2.39. The molecule has 0 saturated heterocycles. The second-order valence-corrected chi connectivity index (χ2v) is 19.6. The zero-order valence-corrected chi connectivity index (χ0v) is 39.9. The van der Waals surface area contributed by atoms with E-state index in [1.165, 1.54) is 38.5 Å². The van der Waals surface area contributed by atoms with E-state index in [0.29, 0.717) is 36.7 Å². The average molecular weight is 887 g/mol. The Bertz CT molecular complexity index is 1250. The summed E-state index contributed by atoms with van der Waals surface area (Å²) in [6.07, 6.45) is 32.5. The Labute approximate surface area is 370 Å². The van der Waals surface area contributed by atoms with Crippen LogP contribution in [0.1, 0.15) is 174 Å². The quantitative estimate of drug-likeness (QED) is 0.0152. The highest BCUT2D eigenvalue weighted by molar-refractivity contribution is 7.47. The molecular weight excluding hydrogens is 797 g/mol. The number of aliphatic hydroxyl groups is 3. The molecule has 0 aliphatic heterocycles. The predicted octanol–water partition coefficient (Wildman–Crippen LogP) is 10.1. The van der Waals surface area contributed by atoms with Gasteiger partial charge in [0.2, 0.25) is 0 Å². The molecule has 1 rings (SSSR count). The Kier molecular flexibility index (Phi) is 33.2. The summed E-state index contributed by atoms with van der Waals surface area (Å²) in [4.78, 5) is 35.7. The summed E-state index contributed by atoms with van der Waals surface area (Å²) in [6, 6.07) is 0. The van der Waals surface area contributed by atoms with E-state index in [9.17, 15) is 34.4 Å². The maximum absolute atomic E-state index is 12.8. The van der Waals surface area contributed by atoms with E-state index < -0.39 is 50.8 Å². The number of aliphatic hydroxyl groups excluding tert-OH is 3. The van der Waals surface area contributed by atoms with Gasteiger partial charge >= 0.3 is 19.8 Å². The molecule has 0 heterocycles. The lowest BCUT2D eigenvalue weighted by atomic mass is 9.88. The van der Waals surface area contributed by atoms with Crippen LogP contribution in [-0.4, -0.2) is 109 Å². The second-order valence-electron chi connectivity index (χ2n) is 18.1. The number of phosphoric ester groups is 1. The van der Waals surface area contributed by atoms with Gasteiger partial charge in [0.1, 0.15) is 19.8 Å². The van der Waals surface area contributed by atoms with Crippen LogP contribution in [-0.2, 0) is 32.7 Å². The van der Waals surface area contributed by atoms with Gasteiger partial charge in [0.25, 0.3) is 0 Å². The van der Waals surface area contributed by atoms with Gasteiger partial charge < -0.3 is 34.2 Å². The van der Waals surface area contributed by atoms with Crippen molar-refractivity contribution < 1.29 is 57.4 Å². The maximum Gasteiger partial charge on any atom is 0.472 e. The van der Waals surface area contributed by atoms with E-state index >= 15 is 0 Å². The molecule has 356 valence electrons. The molecule has 1 aliphatic carbocycles. The summed E-state index contributed by atoms with van der Waals surface area (Å²) in [5.74, 6) is -1.22. The number of ether oxygens (including phenoxy) is 2. The van der Waals surface area contributed by atoms with Gasteiger partial charge in [-0.3, -0.25) is 18.6 Å². The smallest absolute Gasteiger partial charge is 0.462 e. The monoisotopic (exact) mass is 887 g/mol. The Morgan fingerprint density at radius 3 is 1.93 bits per heavy atom. The van der Waals surface area contributed by atoms with E-state index in [1.807, 2.05) is 27.2 Å². The van der Waals surface area contributed by atoms with Gasteiger partial charge in [-0.15, -0.1) is 0 Å². The fraction of sp³-hybridized carbons (Fsp3) is 0.833. The molecular formula is C48H89NO11P+. The first-order valence-electron chi connectivity index (χ1n) is 24.0. The van der Waals surface area contributed by atoms with Gasteiger partial charge in [0.05, 0.1) is 46.1 Å². The van der Waals surface area contributed by atoms with E-state index in [1.54, 1.807) is 6.08 Å². The SMILES string of the molecule is CCCCC/C=C\C/C=C\CCCCCCCCCC(=O)O[C@H](COC(=O)CCCCCC[C@@H]1[C@@H](/C=C/[C@@H](O)CCCCC)[C@H](O)C[C@@H]1O)COP(=O)(O)OCC[N+](C)(C)C. The fourth-order valence-electron chi connectivity index (χ4n) is 7.43. The van der Waals surface area contributed by atoms with E-state index in [-0.39, 0.29) is 37.9 Å². The number of nitrogens with zero attached hydrogens (tertiary/aromatic N) is 1. The number of esters is 2. The normalized spacial score (nSPS) is 20.5. The summed E-state index contributed by atoms with van der Waals surface area (Å²) < 4.78 is 34.4. The van der Waals surface area contributed by atoms with Crippen LogP contribution >= 0.6 is 7.82 Å². The molecule has 0 bridgehead atoms. The minimum Gasteiger partial charge on any atom is -0.462 e. The fourth-order valence-corrected chi connectivity index (χ4v) is 8.18. The number of hydrogen-bond acceptors (Lipinski definition) is 10. The van der Waals surface area contributed by atoms with Crippen molar-refractivity contribution >= 4 is 19.8 Å². The molecule has 13 heteroatoms. The molecule has 1 unspecified atom stereocenters. The number of hydrogen-bond donors (Lipinski definition) is 4. The lowest BCUT2D eigenvalue weighted by Crippen LogP contribution is -2.37. The van der Waals surface area contributed by atoms with Crippen LogP contribution in [0.3, 0.4) is 0 Å². The van der Waals surface area contributed by atoms with Crippen molar-refractivity contribution in [2.75, 3.05) is 47.5 Å². The van der Waals surface area contributed by atoms with Crippen LogP contribution in [0.5, 0.6) is 0 Å². The van der Waals surface area contributed by atoms with Crippen molar-refractivity contribution in [3.8, 4) is 0 Å². The Hall–Kier alpha value is -1.89. The molecule has 0 aromatic carbocycles. The van der Waals surface area contributed by atoms with Gasteiger partial charge in [0.15, 0.2) is 6.10 Å². The van der Waals surface area contributed by atoms with Crippen LogP contribution in [0.4, 0.5) is 0 Å². The third kappa shape index (κ3) is 32.4. The molecule has 1 fully saturated rings. The van der Waals surface area contributed by atoms with E-state index in [4.69, 9.17) is 18.5 Å². The molecule has 0 aromatic heterocycles. The number of allylic oxidation sites excluding steroid dienone is 4. The molecule has 0 aromatic rings. The Morgan fingerprint density at radius 2 is 1.30 bits per heavy atom. The molecule has 4 N–H and O–H groups in total. The minimum atomic E-state index is -4.43.